The molecule has 1 rings (SSSR count). The van der Waals surface area contributed by atoms with Crippen molar-refractivity contribution in [3.63, 3.8) is 0 Å². The smallest absolute Gasteiger partial charge is 0.154 e. The van der Waals surface area contributed by atoms with Crippen LogP contribution >= 0.6 is 0 Å². The summed E-state index contributed by atoms with van der Waals surface area (Å²) >= 11 is 0. The van der Waals surface area contributed by atoms with Gasteiger partial charge in [0.05, 0.1) is 18.4 Å². The monoisotopic (exact) mass is 181 g/mol. The molecule has 0 fully saturated rings. The second kappa shape index (κ2) is 4.04. The first-order valence-corrected chi connectivity index (χ1v) is 4.10. The van der Waals surface area contributed by atoms with E-state index in [1.807, 2.05) is 18.5 Å². The van der Waals surface area contributed by atoms with E-state index in [0.717, 1.165) is 11.5 Å². The second-order valence-electron chi connectivity index (χ2n) is 2.91. The van der Waals surface area contributed by atoms with Gasteiger partial charge in [-0.3, -0.25) is 4.99 Å². The van der Waals surface area contributed by atoms with E-state index in [-0.39, 0.29) is 6.04 Å². The van der Waals surface area contributed by atoms with Crippen LogP contribution in [0.1, 0.15) is 18.7 Å². The van der Waals surface area contributed by atoms with Gasteiger partial charge in [-0.25, -0.2) is 4.98 Å². The number of hydrogen-bond acceptors (Lipinski definition) is 3. The van der Waals surface area contributed by atoms with Crippen molar-refractivity contribution in [2.45, 2.75) is 13.0 Å². The minimum absolute atomic E-state index is 0.0414. The lowest BCUT2D eigenvalue weighted by Gasteiger charge is -2.08. The van der Waals surface area contributed by atoms with Gasteiger partial charge in [0.1, 0.15) is 0 Å². The number of hydrogen-bond donors (Lipinski definition) is 2. The molecular weight excluding hydrogens is 166 g/mol. The van der Waals surface area contributed by atoms with E-state index in [4.69, 9.17) is 5.73 Å². The van der Waals surface area contributed by atoms with E-state index in [1.54, 1.807) is 19.7 Å². The number of anilines is 1. The lowest BCUT2D eigenvalue weighted by atomic mass is 10.2. The Labute approximate surface area is 77.7 Å². The Morgan fingerprint density at radius 2 is 2.46 bits per heavy atom. The zero-order valence-corrected chi connectivity index (χ0v) is 8.15. The van der Waals surface area contributed by atoms with Crippen molar-refractivity contribution in [1.29, 1.82) is 0 Å². The molecule has 0 aliphatic carbocycles. The van der Waals surface area contributed by atoms with Crippen LogP contribution in [0.15, 0.2) is 11.3 Å². The fraction of sp³-hybridized carbons (Fsp3) is 0.500. The largest absolute Gasteiger partial charge is 0.335 e. The van der Waals surface area contributed by atoms with Crippen LogP contribution in [0.25, 0.3) is 0 Å². The second-order valence-corrected chi connectivity index (χ2v) is 2.91. The quantitative estimate of drug-likeness (QED) is 0.527. The fourth-order valence-electron chi connectivity index (χ4n) is 1.21. The molecule has 1 unspecified atom stereocenters. The molecule has 0 radical (unpaired) electrons. The molecule has 0 spiro atoms. The zero-order valence-electron chi connectivity index (χ0n) is 8.15. The molecule has 0 aliphatic rings. The predicted octanol–water partition coefficient (Wildman–Crippen LogP) is 0.510. The van der Waals surface area contributed by atoms with Gasteiger partial charge in [0.2, 0.25) is 0 Å². The highest BCUT2D eigenvalue weighted by atomic mass is 15.1. The number of aromatic nitrogens is 2. The summed E-state index contributed by atoms with van der Waals surface area (Å²) in [6, 6.07) is -0.0414. The normalized spacial score (nSPS) is 13.5. The fourth-order valence-corrected chi connectivity index (χ4v) is 1.21. The topological polar surface area (TPSA) is 68.2 Å². The van der Waals surface area contributed by atoms with Crippen LogP contribution in [0.4, 0.5) is 5.82 Å². The number of nitrogens with two attached hydrogens (primary N) is 1. The first-order valence-electron chi connectivity index (χ1n) is 4.10. The molecule has 5 heteroatoms. The van der Waals surface area contributed by atoms with E-state index in [1.165, 1.54) is 0 Å². The number of nitrogens with one attached hydrogen (secondary N) is 1. The standard InChI is InChI=1S/C8H15N5/c1-6(9)7-8(11-4-10-2)12-5-13(7)3/h4-6H,9H2,1-3H3,(H,10,11). The third-order valence-corrected chi connectivity index (χ3v) is 1.74. The van der Waals surface area contributed by atoms with Gasteiger partial charge in [-0.15, -0.1) is 0 Å². The van der Waals surface area contributed by atoms with Crippen molar-refractivity contribution >= 4 is 12.2 Å². The summed E-state index contributed by atoms with van der Waals surface area (Å²) in [5.74, 6) is 0.767. The molecule has 1 atom stereocenters. The minimum Gasteiger partial charge on any atom is -0.335 e. The summed E-state index contributed by atoms with van der Waals surface area (Å²) in [5, 5.41) is 2.96. The molecule has 1 heterocycles. The molecule has 1 aromatic heterocycles. The first kappa shape index (κ1) is 9.73. The van der Waals surface area contributed by atoms with Crippen molar-refractivity contribution in [1.82, 2.24) is 9.55 Å². The Morgan fingerprint density at radius 1 is 1.77 bits per heavy atom. The van der Waals surface area contributed by atoms with E-state index in [0.29, 0.717) is 0 Å². The van der Waals surface area contributed by atoms with Crippen LogP contribution < -0.4 is 11.1 Å². The third-order valence-electron chi connectivity index (χ3n) is 1.74. The Hall–Kier alpha value is -1.36. The summed E-state index contributed by atoms with van der Waals surface area (Å²) in [6.07, 6.45) is 3.32. The van der Waals surface area contributed by atoms with Crippen LogP contribution in [0, 0.1) is 0 Å². The van der Waals surface area contributed by atoms with Gasteiger partial charge in [-0.2, -0.15) is 0 Å². The van der Waals surface area contributed by atoms with Gasteiger partial charge in [0.15, 0.2) is 5.82 Å². The molecule has 0 aliphatic heterocycles. The Morgan fingerprint density at radius 3 is 3.00 bits per heavy atom. The zero-order chi connectivity index (χ0) is 9.84. The third kappa shape index (κ3) is 2.06. The molecule has 3 N–H and O–H groups in total. The van der Waals surface area contributed by atoms with E-state index < -0.39 is 0 Å². The van der Waals surface area contributed by atoms with Crippen molar-refractivity contribution in [3.05, 3.63) is 12.0 Å². The van der Waals surface area contributed by atoms with E-state index in [9.17, 15) is 0 Å². The summed E-state index contributed by atoms with van der Waals surface area (Å²) in [5.41, 5.74) is 6.76. The lowest BCUT2D eigenvalue weighted by molar-refractivity contribution is 0.717. The van der Waals surface area contributed by atoms with Crippen molar-refractivity contribution < 1.29 is 0 Å². The maximum absolute atomic E-state index is 5.79. The van der Waals surface area contributed by atoms with Crippen LogP contribution in [0.2, 0.25) is 0 Å². The van der Waals surface area contributed by atoms with Crippen LogP contribution in [-0.4, -0.2) is 22.9 Å². The van der Waals surface area contributed by atoms with Crippen LogP contribution in [0.5, 0.6) is 0 Å². The summed E-state index contributed by atoms with van der Waals surface area (Å²) in [6.45, 7) is 1.92. The number of aryl methyl sites for hydroxylation is 1. The predicted molar refractivity (Wildman–Crippen MR) is 53.8 cm³/mol. The summed E-state index contributed by atoms with van der Waals surface area (Å²) < 4.78 is 1.90. The Kier molecular flexibility index (Phi) is 3.02. The number of imidazole rings is 1. The molecular formula is C8H15N5. The molecule has 72 valence electrons. The minimum atomic E-state index is -0.0414. The molecule has 1 aromatic rings. The average molecular weight is 181 g/mol. The van der Waals surface area contributed by atoms with Crippen molar-refractivity contribution in [2.24, 2.45) is 17.8 Å². The lowest BCUT2D eigenvalue weighted by Crippen LogP contribution is -2.12. The molecule has 5 nitrogen and oxygen atoms in total. The van der Waals surface area contributed by atoms with Gasteiger partial charge in [0, 0.05) is 20.1 Å². The van der Waals surface area contributed by atoms with Gasteiger partial charge in [-0.05, 0) is 6.92 Å². The number of aliphatic imine (C=N–C) groups is 1. The highest BCUT2D eigenvalue weighted by molar-refractivity contribution is 5.74. The summed E-state index contributed by atoms with van der Waals surface area (Å²) in [7, 11) is 3.61. The van der Waals surface area contributed by atoms with Crippen molar-refractivity contribution in [2.75, 3.05) is 12.4 Å². The van der Waals surface area contributed by atoms with Crippen LogP contribution in [-0.2, 0) is 7.05 Å². The average Bonchev–Trinajstić information content (AvgIpc) is 2.43. The number of nitrogens with zero attached hydrogens (tertiary/aromatic N) is 3. The SMILES string of the molecule is CN=CNc1ncn(C)c1C(C)N. The van der Waals surface area contributed by atoms with Gasteiger partial charge in [-0.1, -0.05) is 0 Å². The summed E-state index contributed by atoms with van der Waals surface area (Å²) in [4.78, 5) is 7.97. The number of rotatable bonds is 3. The highest BCUT2D eigenvalue weighted by Crippen LogP contribution is 2.17. The van der Waals surface area contributed by atoms with E-state index in [2.05, 4.69) is 15.3 Å². The highest BCUT2D eigenvalue weighted by Gasteiger charge is 2.11. The molecule has 13 heavy (non-hydrogen) atoms. The molecule has 0 bridgehead atoms. The Balaban J connectivity index is 2.93. The van der Waals surface area contributed by atoms with E-state index >= 15 is 0 Å². The Bertz CT molecular complexity index is 299. The maximum Gasteiger partial charge on any atom is 0.154 e. The molecule has 0 saturated carbocycles. The molecule has 0 saturated heterocycles. The molecule has 0 amide bonds. The van der Waals surface area contributed by atoms with Crippen LogP contribution in [0.3, 0.4) is 0 Å². The van der Waals surface area contributed by atoms with Gasteiger partial charge < -0.3 is 15.6 Å². The van der Waals surface area contributed by atoms with Gasteiger partial charge in [0.25, 0.3) is 0 Å². The van der Waals surface area contributed by atoms with Crippen molar-refractivity contribution in [3.8, 4) is 0 Å². The van der Waals surface area contributed by atoms with Gasteiger partial charge >= 0.3 is 0 Å². The first-order chi connectivity index (χ1) is 6.16. The molecule has 0 aromatic carbocycles. The maximum atomic E-state index is 5.79.